The number of benzene rings is 2. The van der Waals surface area contributed by atoms with Gasteiger partial charge < -0.3 is 20.1 Å². The topological polar surface area (TPSA) is 104 Å². The Kier molecular flexibility index (Phi) is 8.16. The lowest BCUT2D eigenvalue weighted by Crippen LogP contribution is -2.29. The average Bonchev–Trinajstić information content (AvgIpc) is 3.03. The number of ether oxygens (including phenoxy) is 1. The van der Waals surface area contributed by atoms with Crippen LogP contribution in [0.4, 0.5) is 0 Å². The van der Waals surface area contributed by atoms with Gasteiger partial charge in [-0.2, -0.15) is 0 Å². The maximum absolute atomic E-state index is 12.6. The van der Waals surface area contributed by atoms with E-state index in [9.17, 15) is 23.7 Å². The van der Waals surface area contributed by atoms with Crippen molar-refractivity contribution in [2.24, 2.45) is 0 Å². The predicted octanol–water partition coefficient (Wildman–Crippen LogP) is 3.86. The van der Waals surface area contributed by atoms with Gasteiger partial charge in [0, 0.05) is 10.0 Å². The van der Waals surface area contributed by atoms with E-state index in [0.717, 1.165) is 10.0 Å². The second-order valence-corrected chi connectivity index (χ2v) is 11.0. The molecule has 0 unspecified atom stereocenters. The molecule has 172 valence electrons. The SMILES string of the molecule is C/C(=C\c1cc(Br)ccc1O)CC[C@@H](O)C1=C(COc2ccccc2)CS(=O)(=O)[C@H]1CO. The van der Waals surface area contributed by atoms with E-state index in [1.54, 1.807) is 30.3 Å². The lowest BCUT2D eigenvalue weighted by Gasteiger charge is -2.19. The van der Waals surface area contributed by atoms with Gasteiger partial charge in [-0.3, -0.25) is 0 Å². The van der Waals surface area contributed by atoms with Crippen LogP contribution in [-0.4, -0.2) is 54.1 Å². The molecule has 32 heavy (non-hydrogen) atoms. The predicted molar refractivity (Wildman–Crippen MR) is 128 cm³/mol. The number of phenols is 1. The summed E-state index contributed by atoms with van der Waals surface area (Å²) < 4.78 is 31.7. The van der Waals surface area contributed by atoms with Crippen molar-refractivity contribution < 1.29 is 28.5 Å². The summed E-state index contributed by atoms with van der Waals surface area (Å²) in [5.74, 6) is 0.516. The van der Waals surface area contributed by atoms with Crippen LogP contribution in [-0.2, 0) is 9.84 Å². The van der Waals surface area contributed by atoms with Crippen molar-refractivity contribution in [2.75, 3.05) is 19.0 Å². The van der Waals surface area contributed by atoms with Crippen LogP contribution < -0.4 is 4.74 Å². The highest BCUT2D eigenvalue weighted by Crippen LogP contribution is 2.33. The minimum absolute atomic E-state index is 0.0346. The van der Waals surface area contributed by atoms with Gasteiger partial charge in [-0.15, -0.1) is 0 Å². The standard InChI is InChI=1S/C24H27BrO6S/c1-16(11-17-12-19(25)8-10-21(17)27)7-9-22(28)24-18(15-32(29,30)23(24)13-26)14-31-20-5-3-2-4-6-20/h2-6,8,10-12,22-23,26-28H,7,9,13-15H2,1H3/b16-11+/t22-,23+/m1/s1. The highest BCUT2D eigenvalue weighted by Gasteiger charge is 2.41. The number of para-hydroxylation sites is 1. The second-order valence-electron chi connectivity index (χ2n) is 7.89. The summed E-state index contributed by atoms with van der Waals surface area (Å²) in [4.78, 5) is 0. The fourth-order valence-corrected chi connectivity index (χ4v) is 6.07. The minimum Gasteiger partial charge on any atom is -0.507 e. The Morgan fingerprint density at radius 3 is 2.66 bits per heavy atom. The molecule has 2 atom stereocenters. The summed E-state index contributed by atoms with van der Waals surface area (Å²) in [5.41, 5.74) is 2.40. The monoisotopic (exact) mass is 522 g/mol. The Hall–Kier alpha value is -2.13. The molecule has 0 fully saturated rings. The molecule has 0 amide bonds. The molecule has 0 saturated heterocycles. The van der Waals surface area contributed by atoms with Crippen LogP contribution >= 0.6 is 15.9 Å². The molecule has 2 aromatic carbocycles. The number of sulfone groups is 1. The van der Waals surface area contributed by atoms with Crippen molar-refractivity contribution in [2.45, 2.75) is 31.1 Å². The number of aromatic hydroxyl groups is 1. The molecule has 2 aromatic rings. The van der Waals surface area contributed by atoms with Crippen LogP contribution in [0.3, 0.4) is 0 Å². The third-order valence-electron chi connectivity index (χ3n) is 5.45. The quantitative estimate of drug-likeness (QED) is 0.432. The van der Waals surface area contributed by atoms with Gasteiger partial charge in [0.2, 0.25) is 0 Å². The van der Waals surface area contributed by atoms with Crippen LogP contribution in [0.5, 0.6) is 11.5 Å². The highest BCUT2D eigenvalue weighted by atomic mass is 79.9. The van der Waals surface area contributed by atoms with Gasteiger partial charge in [0.05, 0.1) is 18.5 Å². The van der Waals surface area contributed by atoms with E-state index in [4.69, 9.17) is 4.74 Å². The summed E-state index contributed by atoms with van der Waals surface area (Å²) in [7, 11) is -3.60. The largest absolute Gasteiger partial charge is 0.507 e. The first-order valence-electron chi connectivity index (χ1n) is 10.3. The summed E-state index contributed by atoms with van der Waals surface area (Å²) in [6.07, 6.45) is 1.57. The molecule has 3 N–H and O–H groups in total. The number of aliphatic hydroxyl groups excluding tert-OH is 2. The van der Waals surface area contributed by atoms with Crippen molar-refractivity contribution >= 4 is 31.8 Å². The molecule has 0 aromatic heterocycles. The number of hydrogen-bond donors (Lipinski definition) is 3. The lowest BCUT2D eigenvalue weighted by molar-refractivity contribution is 0.187. The van der Waals surface area contributed by atoms with Crippen molar-refractivity contribution in [3.05, 3.63) is 75.3 Å². The van der Waals surface area contributed by atoms with E-state index >= 15 is 0 Å². The van der Waals surface area contributed by atoms with Crippen LogP contribution in [0.15, 0.2) is 69.7 Å². The first kappa shape index (κ1) is 24.5. The van der Waals surface area contributed by atoms with Gasteiger partial charge in [-0.05, 0) is 61.2 Å². The second kappa shape index (κ2) is 10.7. The van der Waals surface area contributed by atoms with Crippen LogP contribution in [0, 0.1) is 0 Å². The minimum atomic E-state index is -3.60. The Morgan fingerprint density at radius 2 is 1.97 bits per heavy atom. The van der Waals surface area contributed by atoms with E-state index in [0.29, 0.717) is 28.9 Å². The lowest BCUT2D eigenvalue weighted by atomic mass is 9.95. The van der Waals surface area contributed by atoms with Gasteiger partial charge in [0.15, 0.2) is 9.84 Å². The van der Waals surface area contributed by atoms with Crippen LogP contribution in [0.1, 0.15) is 25.3 Å². The number of phenolic OH excluding ortho intramolecular Hbond substituents is 1. The van der Waals surface area contributed by atoms with Gasteiger partial charge >= 0.3 is 0 Å². The molecular weight excluding hydrogens is 496 g/mol. The smallest absolute Gasteiger partial charge is 0.163 e. The van der Waals surface area contributed by atoms with Crippen molar-refractivity contribution in [1.82, 2.24) is 0 Å². The summed E-state index contributed by atoms with van der Waals surface area (Å²) in [6.45, 7) is 1.34. The Balaban J connectivity index is 1.76. The van der Waals surface area contributed by atoms with Gasteiger partial charge in [0.25, 0.3) is 0 Å². The molecule has 0 bridgehead atoms. The number of hydrogen-bond acceptors (Lipinski definition) is 6. The zero-order valence-corrected chi connectivity index (χ0v) is 20.1. The first-order valence-corrected chi connectivity index (χ1v) is 12.8. The number of rotatable bonds is 9. The maximum Gasteiger partial charge on any atom is 0.163 e. The molecule has 8 heteroatoms. The van der Waals surface area contributed by atoms with Crippen molar-refractivity contribution in [3.8, 4) is 11.5 Å². The maximum atomic E-state index is 12.6. The molecule has 1 heterocycles. The fraction of sp³-hybridized carbons (Fsp3) is 0.333. The average molecular weight is 523 g/mol. The van der Waals surface area contributed by atoms with Crippen LogP contribution in [0.2, 0.25) is 0 Å². The Labute approximate surface area is 196 Å². The molecular formula is C24H27BrO6S. The van der Waals surface area contributed by atoms with Gasteiger partial charge in [-0.1, -0.05) is 45.8 Å². The number of halogens is 1. The zero-order valence-electron chi connectivity index (χ0n) is 17.7. The molecule has 1 aliphatic rings. The van der Waals surface area contributed by atoms with E-state index in [-0.39, 0.29) is 24.5 Å². The normalized spacial score (nSPS) is 19.2. The summed E-state index contributed by atoms with van der Waals surface area (Å²) in [5, 5.41) is 29.5. The summed E-state index contributed by atoms with van der Waals surface area (Å²) >= 11 is 3.38. The van der Waals surface area contributed by atoms with Gasteiger partial charge in [0.1, 0.15) is 23.4 Å². The zero-order chi connectivity index (χ0) is 23.3. The summed E-state index contributed by atoms with van der Waals surface area (Å²) in [6, 6.07) is 14.2. The van der Waals surface area contributed by atoms with Gasteiger partial charge in [-0.25, -0.2) is 8.42 Å². The van der Waals surface area contributed by atoms with E-state index in [1.807, 2.05) is 31.2 Å². The van der Waals surface area contributed by atoms with Crippen LogP contribution in [0.25, 0.3) is 6.08 Å². The van der Waals surface area contributed by atoms with E-state index < -0.39 is 27.8 Å². The van der Waals surface area contributed by atoms with Crippen molar-refractivity contribution in [1.29, 1.82) is 0 Å². The van der Waals surface area contributed by atoms with E-state index in [2.05, 4.69) is 15.9 Å². The molecule has 0 radical (unpaired) electrons. The third kappa shape index (κ3) is 6.01. The number of allylic oxidation sites excluding steroid dienone is 1. The first-order chi connectivity index (χ1) is 15.2. The Bertz CT molecular complexity index is 1110. The molecule has 3 rings (SSSR count). The Morgan fingerprint density at radius 1 is 1.25 bits per heavy atom. The fourth-order valence-electron chi connectivity index (χ4n) is 3.82. The highest BCUT2D eigenvalue weighted by molar-refractivity contribution is 9.10. The van der Waals surface area contributed by atoms with Crippen molar-refractivity contribution in [3.63, 3.8) is 0 Å². The van der Waals surface area contributed by atoms with E-state index in [1.165, 1.54) is 0 Å². The third-order valence-corrected chi connectivity index (χ3v) is 7.96. The molecule has 6 nitrogen and oxygen atoms in total. The molecule has 0 saturated carbocycles. The molecule has 0 aliphatic carbocycles. The molecule has 0 spiro atoms. The molecule has 1 aliphatic heterocycles. The number of aliphatic hydroxyl groups is 2.